The van der Waals surface area contributed by atoms with E-state index in [9.17, 15) is 9.59 Å². The molecule has 0 bridgehead atoms. The molecule has 0 aliphatic rings. The van der Waals surface area contributed by atoms with Crippen LogP contribution in [0.4, 0.5) is 5.69 Å². The van der Waals surface area contributed by atoms with Gasteiger partial charge in [-0.1, -0.05) is 6.07 Å². The van der Waals surface area contributed by atoms with Crippen molar-refractivity contribution < 1.29 is 19.4 Å². The van der Waals surface area contributed by atoms with Crippen molar-refractivity contribution >= 4 is 17.6 Å². The molecular weight excluding hydrogens is 248 g/mol. The zero-order valence-electron chi connectivity index (χ0n) is 11.0. The Bertz CT molecular complexity index is 472. The summed E-state index contributed by atoms with van der Waals surface area (Å²) in [5.41, 5.74) is 5.99. The van der Waals surface area contributed by atoms with Gasteiger partial charge in [-0.15, -0.1) is 0 Å². The Morgan fingerprint density at radius 3 is 2.63 bits per heavy atom. The summed E-state index contributed by atoms with van der Waals surface area (Å²) in [5, 5.41) is 9.01. The number of hydrogen-bond donors (Lipinski definition) is 2. The van der Waals surface area contributed by atoms with Crippen LogP contribution in [0.15, 0.2) is 18.2 Å². The SMILES string of the molecule is CN(C)C(=O)CCCOc1c(N)cccc1C(=O)O. The fourth-order valence-electron chi connectivity index (χ4n) is 1.51. The number of carbonyl (C=O) groups excluding carboxylic acids is 1. The van der Waals surface area contributed by atoms with Gasteiger partial charge in [0.05, 0.1) is 12.3 Å². The number of carboxylic acid groups (broad SMARTS) is 1. The van der Waals surface area contributed by atoms with Crippen LogP contribution in [-0.4, -0.2) is 42.6 Å². The molecule has 0 saturated carbocycles. The van der Waals surface area contributed by atoms with Gasteiger partial charge in [0, 0.05) is 20.5 Å². The van der Waals surface area contributed by atoms with E-state index in [-0.39, 0.29) is 29.5 Å². The molecule has 1 aromatic carbocycles. The number of nitrogen functional groups attached to an aromatic ring is 1. The topological polar surface area (TPSA) is 92.9 Å². The first-order valence-corrected chi connectivity index (χ1v) is 5.88. The number of carbonyl (C=O) groups is 2. The number of rotatable bonds is 6. The molecule has 19 heavy (non-hydrogen) atoms. The Balaban J connectivity index is 2.58. The number of aromatic carboxylic acids is 1. The number of nitrogens with two attached hydrogens (primary N) is 1. The lowest BCUT2D eigenvalue weighted by Crippen LogP contribution is -2.21. The fourth-order valence-corrected chi connectivity index (χ4v) is 1.51. The van der Waals surface area contributed by atoms with E-state index in [4.69, 9.17) is 15.6 Å². The number of amides is 1. The molecule has 0 heterocycles. The second-order valence-corrected chi connectivity index (χ2v) is 4.27. The number of carboxylic acids is 1. The smallest absolute Gasteiger partial charge is 0.339 e. The highest BCUT2D eigenvalue weighted by Crippen LogP contribution is 2.26. The number of nitrogens with zero attached hydrogens (tertiary/aromatic N) is 1. The Labute approximate surface area is 111 Å². The zero-order chi connectivity index (χ0) is 14.4. The summed E-state index contributed by atoms with van der Waals surface area (Å²) in [5.74, 6) is -0.929. The van der Waals surface area contributed by atoms with E-state index in [0.29, 0.717) is 12.8 Å². The van der Waals surface area contributed by atoms with E-state index in [1.165, 1.54) is 11.0 Å². The molecule has 6 nitrogen and oxygen atoms in total. The number of hydrogen-bond acceptors (Lipinski definition) is 4. The van der Waals surface area contributed by atoms with Crippen molar-refractivity contribution in [2.45, 2.75) is 12.8 Å². The minimum Gasteiger partial charge on any atom is -0.491 e. The van der Waals surface area contributed by atoms with Crippen LogP contribution in [0, 0.1) is 0 Å². The summed E-state index contributed by atoms with van der Waals surface area (Å²) in [6.07, 6.45) is 0.854. The average Bonchev–Trinajstić information content (AvgIpc) is 2.35. The molecule has 0 saturated heterocycles. The Kier molecular flexibility index (Phi) is 5.17. The minimum absolute atomic E-state index is 0.00286. The molecule has 0 radical (unpaired) electrons. The molecule has 3 N–H and O–H groups in total. The molecule has 104 valence electrons. The van der Waals surface area contributed by atoms with E-state index >= 15 is 0 Å². The van der Waals surface area contributed by atoms with Crippen molar-refractivity contribution in [1.82, 2.24) is 4.90 Å². The molecule has 1 rings (SSSR count). The Morgan fingerprint density at radius 2 is 2.05 bits per heavy atom. The predicted molar refractivity (Wildman–Crippen MR) is 71.2 cm³/mol. The third kappa shape index (κ3) is 4.17. The zero-order valence-corrected chi connectivity index (χ0v) is 11.0. The van der Waals surface area contributed by atoms with Crippen molar-refractivity contribution in [3.05, 3.63) is 23.8 Å². The van der Waals surface area contributed by atoms with Gasteiger partial charge >= 0.3 is 5.97 Å². The van der Waals surface area contributed by atoms with Crippen LogP contribution in [0.3, 0.4) is 0 Å². The molecule has 0 atom stereocenters. The van der Waals surface area contributed by atoms with Gasteiger partial charge in [-0.2, -0.15) is 0 Å². The van der Waals surface area contributed by atoms with E-state index in [2.05, 4.69) is 0 Å². The molecular formula is C13H18N2O4. The Morgan fingerprint density at radius 1 is 1.37 bits per heavy atom. The maximum atomic E-state index is 11.3. The monoisotopic (exact) mass is 266 g/mol. The van der Waals surface area contributed by atoms with Crippen molar-refractivity contribution in [3.63, 3.8) is 0 Å². The molecule has 1 aromatic rings. The third-order valence-corrected chi connectivity index (χ3v) is 2.56. The summed E-state index contributed by atoms with van der Waals surface area (Å²) in [6, 6.07) is 4.56. The largest absolute Gasteiger partial charge is 0.491 e. The summed E-state index contributed by atoms with van der Waals surface area (Å²) in [4.78, 5) is 23.9. The summed E-state index contributed by atoms with van der Waals surface area (Å²) >= 11 is 0. The lowest BCUT2D eigenvalue weighted by atomic mass is 10.2. The second kappa shape index (κ2) is 6.63. The van der Waals surface area contributed by atoms with E-state index in [0.717, 1.165) is 0 Å². The maximum absolute atomic E-state index is 11.3. The first kappa shape index (κ1) is 14.8. The lowest BCUT2D eigenvalue weighted by molar-refractivity contribution is -0.128. The second-order valence-electron chi connectivity index (χ2n) is 4.27. The summed E-state index contributed by atoms with van der Waals surface area (Å²) in [7, 11) is 3.36. The van der Waals surface area contributed by atoms with Crippen LogP contribution in [0.1, 0.15) is 23.2 Å². The van der Waals surface area contributed by atoms with E-state index < -0.39 is 5.97 Å². The average molecular weight is 266 g/mol. The highest BCUT2D eigenvalue weighted by molar-refractivity contribution is 5.93. The number of anilines is 1. The van der Waals surface area contributed by atoms with Crippen LogP contribution in [0.2, 0.25) is 0 Å². The van der Waals surface area contributed by atoms with Crippen LogP contribution >= 0.6 is 0 Å². The molecule has 1 amide bonds. The number of ether oxygens (including phenoxy) is 1. The predicted octanol–water partition coefficient (Wildman–Crippen LogP) is 1.21. The maximum Gasteiger partial charge on any atom is 0.339 e. The molecule has 0 aromatic heterocycles. The van der Waals surface area contributed by atoms with Crippen molar-refractivity contribution in [2.24, 2.45) is 0 Å². The van der Waals surface area contributed by atoms with Crippen molar-refractivity contribution in [2.75, 3.05) is 26.4 Å². The van der Waals surface area contributed by atoms with E-state index in [1.54, 1.807) is 26.2 Å². The highest BCUT2D eigenvalue weighted by atomic mass is 16.5. The Hall–Kier alpha value is -2.24. The van der Waals surface area contributed by atoms with E-state index in [1.807, 2.05) is 0 Å². The normalized spacial score (nSPS) is 10.0. The van der Waals surface area contributed by atoms with Gasteiger partial charge in [-0.3, -0.25) is 4.79 Å². The number of para-hydroxylation sites is 1. The minimum atomic E-state index is -1.09. The molecule has 0 aliphatic carbocycles. The third-order valence-electron chi connectivity index (χ3n) is 2.56. The molecule has 0 fully saturated rings. The number of benzene rings is 1. The lowest BCUT2D eigenvalue weighted by Gasteiger charge is -2.12. The summed E-state index contributed by atoms with van der Waals surface area (Å²) in [6.45, 7) is 0.244. The molecule has 0 unspecified atom stereocenters. The standard InChI is InChI=1S/C13H18N2O4/c1-15(2)11(16)7-4-8-19-12-9(13(17)18)5-3-6-10(12)14/h3,5-6H,4,7-8,14H2,1-2H3,(H,17,18). The van der Waals surface area contributed by atoms with Gasteiger partial charge in [-0.25, -0.2) is 4.79 Å². The first-order chi connectivity index (χ1) is 8.93. The van der Waals surface area contributed by atoms with Gasteiger partial charge in [0.25, 0.3) is 0 Å². The van der Waals surface area contributed by atoms with Gasteiger partial charge in [0.15, 0.2) is 5.75 Å². The molecule has 6 heteroatoms. The fraction of sp³-hybridized carbons (Fsp3) is 0.385. The molecule has 0 aliphatic heterocycles. The quantitative estimate of drug-likeness (QED) is 0.596. The van der Waals surface area contributed by atoms with Gasteiger partial charge in [0.1, 0.15) is 5.56 Å². The van der Waals surface area contributed by atoms with Gasteiger partial charge in [-0.05, 0) is 18.6 Å². The van der Waals surface area contributed by atoms with Crippen molar-refractivity contribution in [3.8, 4) is 5.75 Å². The van der Waals surface area contributed by atoms with Crippen LogP contribution in [-0.2, 0) is 4.79 Å². The van der Waals surface area contributed by atoms with Gasteiger partial charge in [0.2, 0.25) is 5.91 Å². The van der Waals surface area contributed by atoms with Crippen LogP contribution in [0.25, 0.3) is 0 Å². The molecule has 0 spiro atoms. The van der Waals surface area contributed by atoms with Crippen LogP contribution < -0.4 is 10.5 Å². The van der Waals surface area contributed by atoms with Crippen LogP contribution in [0.5, 0.6) is 5.75 Å². The van der Waals surface area contributed by atoms with Gasteiger partial charge < -0.3 is 20.5 Å². The first-order valence-electron chi connectivity index (χ1n) is 5.88. The summed E-state index contributed by atoms with van der Waals surface area (Å²) < 4.78 is 5.38. The van der Waals surface area contributed by atoms with Crippen molar-refractivity contribution in [1.29, 1.82) is 0 Å². The highest BCUT2D eigenvalue weighted by Gasteiger charge is 2.14.